The van der Waals surface area contributed by atoms with Crippen molar-refractivity contribution in [2.75, 3.05) is 13.1 Å². The SMILES string of the molecule is Cc1cc(CN2CCCCC2)ccc1Cl. The lowest BCUT2D eigenvalue weighted by Crippen LogP contribution is -2.29. The van der Waals surface area contributed by atoms with Gasteiger partial charge in [-0.05, 0) is 50.0 Å². The van der Waals surface area contributed by atoms with E-state index in [1.807, 2.05) is 6.07 Å². The molecule has 1 aromatic rings. The number of halogens is 1. The van der Waals surface area contributed by atoms with Crippen LogP contribution < -0.4 is 0 Å². The average molecular weight is 224 g/mol. The van der Waals surface area contributed by atoms with Crippen LogP contribution in [0.4, 0.5) is 0 Å². The van der Waals surface area contributed by atoms with Gasteiger partial charge in [-0.15, -0.1) is 0 Å². The second-order valence-electron chi connectivity index (χ2n) is 4.42. The van der Waals surface area contributed by atoms with Crippen molar-refractivity contribution in [2.45, 2.75) is 32.7 Å². The molecular weight excluding hydrogens is 206 g/mol. The summed E-state index contributed by atoms with van der Waals surface area (Å²) in [5.41, 5.74) is 2.57. The zero-order valence-corrected chi connectivity index (χ0v) is 10.1. The van der Waals surface area contributed by atoms with E-state index in [2.05, 4.69) is 24.0 Å². The van der Waals surface area contributed by atoms with Crippen LogP contribution in [0.15, 0.2) is 18.2 Å². The van der Waals surface area contributed by atoms with Gasteiger partial charge in [-0.2, -0.15) is 0 Å². The van der Waals surface area contributed by atoms with Crippen LogP contribution in [0.2, 0.25) is 5.02 Å². The van der Waals surface area contributed by atoms with Crippen molar-refractivity contribution >= 4 is 11.6 Å². The maximum absolute atomic E-state index is 6.01. The fourth-order valence-corrected chi connectivity index (χ4v) is 2.30. The van der Waals surface area contributed by atoms with Crippen molar-refractivity contribution in [1.82, 2.24) is 4.90 Å². The van der Waals surface area contributed by atoms with Gasteiger partial charge >= 0.3 is 0 Å². The van der Waals surface area contributed by atoms with Crippen LogP contribution in [0.25, 0.3) is 0 Å². The molecule has 0 N–H and O–H groups in total. The lowest BCUT2D eigenvalue weighted by Gasteiger charge is -2.26. The quantitative estimate of drug-likeness (QED) is 0.740. The molecule has 0 bridgehead atoms. The molecule has 0 aromatic heterocycles. The summed E-state index contributed by atoms with van der Waals surface area (Å²) in [5, 5.41) is 0.873. The van der Waals surface area contributed by atoms with E-state index < -0.39 is 0 Å². The fraction of sp³-hybridized carbons (Fsp3) is 0.538. The normalized spacial score (nSPS) is 18.0. The molecule has 82 valence electrons. The van der Waals surface area contributed by atoms with Crippen LogP contribution in [0.1, 0.15) is 30.4 Å². The Labute approximate surface area is 97.0 Å². The molecule has 0 radical (unpaired) electrons. The highest BCUT2D eigenvalue weighted by Gasteiger charge is 2.10. The average Bonchev–Trinajstić information content (AvgIpc) is 2.25. The van der Waals surface area contributed by atoms with Gasteiger partial charge in [-0.25, -0.2) is 0 Å². The molecule has 0 amide bonds. The van der Waals surface area contributed by atoms with Crippen LogP contribution in [0.5, 0.6) is 0 Å². The molecule has 1 aliphatic rings. The van der Waals surface area contributed by atoms with Crippen LogP contribution >= 0.6 is 11.6 Å². The number of likely N-dealkylation sites (tertiary alicyclic amines) is 1. The number of hydrogen-bond acceptors (Lipinski definition) is 1. The number of piperidine rings is 1. The van der Waals surface area contributed by atoms with Gasteiger partial charge in [-0.1, -0.05) is 30.2 Å². The molecule has 0 aliphatic carbocycles. The van der Waals surface area contributed by atoms with Gasteiger partial charge in [-0.3, -0.25) is 4.90 Å². The van der Waals surface area contributed by atoms with Crippen molar-refractivity contribution in [3.8, 4) is 0 Å². The van der Waals surface area contributed by atoms with Gasteiger partial charge in [0, 0.05) is 11.6 Å². The van der Waals surface area contributed by atoms with E-state index in [1.165, 1.54) is 43.5 Å². The minimum absolute atomic E-state index is 0.873. The Hall–Kier alpha value is -0.530. The van der Waals surface area contributed by atoms with Crippen molar-refractivity contribution in [3.05, 3.63) is 34.3 Å². The summed E-state index contributed by atoms with van der Waals surface area (Å²) >= 11 is 6.01. The lowest BCUT2D eigenvalue weighted by molar-refractivity contribution is 0.221. The third kappa shape index (κ3) is 2.96. The molecular formula is C13H18ClN. The van der Waals surface area contributed by atoms with E-state index in [1.54, 1.807) is 0 Å². The fourth-order valence-electron chi connectivity index (χ4n) is 2.18. The van der Waals surface area contributed by atoms with Gasteiger partial charge in [0.05, 0.1) is 0 Å². The standard InChI is InChI=1S/C13H18ClN/c1-11-9-12(5-6-13(11)14)10-15-7-3-2-4-8-15/h5-6,9H,2-4,7-8,10H2,1H3. The monoisotopic (exact) mass is 223 g/mol. The van der Waals surface area contributed by atoms with Crippen LogP contribution in [-0.4, -0.2) is 18.0 Å². The third-order valence-corrected chi connectivity index (χ3v) is 3.50. The summed E-state index contributed by atoms with van der Waals surface area (Å²) in [7, 11) is 0. The summed E-state index contributed by atoms with van der Waals surface area (Å²) in [5.74, 6) is 0. The summed E-state index contributed by atoms with van der Waals surface area (Å²) in [6.07, 6.45) is 4.11. The highest BCUT2D eigenvalue weighted by atomic mass is 35.5. The zero-order chi connectivity index (χ0) is 10.7. The number of nitrogens with zero attached hydrogens (tertiary/aromatic N) is 1. The van der Waals surface area contributed by atoms with E-state index >= 15 is 0 Å². The molecule has 1 aromatic carbocycles. The van der Waals surface area contributed by atoms with Crippen molar-refractivity contribution in [2.24, 2.45) is 0 Å². The van der Waals surface area contributed by atoms with Crippen LogP contribution in [-0.2, 0) is 6.54 Å². The molecule has 15 heavy (non-hydrogen) atoms. The van der Waals surface area contributed by atoms with Gasteiger partial charge in [0.1, 0.15) is 0 Å². The van der Waals surface area contributed by atoms with E-state index in [9.17, 15) is 0 Å². The first-order valence-corrected chi connectivity index (χ1v) is 6.11. The summed E-state index contributed by atoms with van der Waals surface area (Å²) < 4.78 is 0. The highest BCUT2D eigenvalue weighted by molar-refractivity contribution is 6.31. The van der Waals surface area contributed by atoms with Gasteiger partial charge in [0.25, 0.3) is 0 Å². The van der Waals surface area contributed by atoms with Crippen molar-refractivity contribution in [3.63, 3.8) is 0 Å². The predicted octanol–water partition coefficient (Wildman–Crippen LogP) is 3.63. The number of hydrogen-bond donors (Lipinski definition) is 0. The molecule has 0 unspecified atom stereocenters. The molecule has 1 nitrogen and oxygen atoms in total. The maximum Gasteiger partial charge on any atom is 0.0435 e. The van der Waals surface area contributed by atoms with Crippen LogP contribution in [0, 0.1) is 6.92 Å². The number of benzene rings is 1. The van der Waals surface area contributed by atoms with E-state index in [0.29, 0.717) is 0 Å². The first kappa shape index (κ1) is 11.0. The Kier molecular flexibility index (Phi) is 3.66. The minimum atomic E-state index is 0.873. The highest BCUT2D eigenvalue weighted by Crippen LogP contribution is 2.18. The molecule has 2 heteroatoms. The molecule has 0 atom stereocenters. The Morgan fingerprint density at radius 3 is 2.60 bits per heavy atom. The number of rotatable bonds is 2. The van der Waals surface area contributed by atoms with Gasteiger partial charge < -0.3 is 0 Å². The Morgan fingerprint density at radius 2 is 1.93 bits per heavy atom. The third-order valence-electron chi connectivity index (χ3n) is 3.08. The molecule has 0 spiro atoms. The smallest absolute Gasteiger partial charge is 0.0435 e. The Balaban J connectivity index is 2.00. The predicted molar refractivity (Wildman–Crippen MR) is 65.3 cm³/mol. The molecule has 1 fully saturated rings. The largest absolute Gasteiger partial charge is 0.299 e. The first-order chi connectivity index (χ1) is 7.25. The first-order valence-electron chi connectivity index (χ1n) is 5.73. The Morgan fingerprint density at radius 1 is 1.20 bits per heavy atom. The van der Waals surface area contributed by atoms with Gasteiger partial charge in [0.2, 0.25) is 0 Å². The topological polar surface area (TPSA) is 3.24 Å². The van der Waals surface area contributed by atoms with Gasteiger partial charge in [0.15, 0.2) is 0 Å². The van der Waals surface area contributed by atoms with Crippen molar-refractivity contribution < 1.29 is 0 Å². The van der Waals surface area contributed by atoms with Crippen molar-refractivity contribution in [1.29, 1.82) is 0 Å². The summed E-state index contributed by atoms with van der Waals surface area (Å²) in [6, 6.07) is 6.36. The second kappa shape index (κ2) is 5.00. The van der Waals surface area contributed by atoms with E-state index in [-0.39, 0.29) is 0 Å². The van der Waals surface area contributed by atoms with E-state index in [0.717, 1.165) is 11.6 Å². The second-order valence-corrected chi connectivity index (χ2v) is 4.83. The molecule has 1 saturated heterocycles. The summed E-state index contributed by atoms with van der Waals surface area (Å²) in [6.45, 7) is 5.66. The van der Waals surface area contributed by atoms with E-state index in [4.69, 9.17) is 11.6 Å². The molecule has 0 saturated carbocycles. The Bertz CT molecular complexity index is 329. The molecule has 1 heterocycles. The van der Waals surface area contributed by atoms with Crippen LogP contribution in [0.3, 0.4) is 0 Å². The maximum atomic E-state index is 6.01. The number of aryl methyl sites for hydroxylation is 1. The lowest BCUT2D eigenvalue weighted by atomic mass is 10.1. The zero-order valence-electron chi connectivity index (χ0n) is 9.30. The molecule has 2 rings (SSSR count). The minimum Gasteiger partial charge on any atom is -0.299 e. The molecule has 1 aliphatic heterocycles. The summed E-state index contributed by atoms with van der Waals surface area (Å²) in [4.78, 5) is 2.53.